The van der Waals surface area contributed by atoms with Crippen LogP contribution in [0.4, 0.5) is 4.39 Å². The van der Waals surface area contributed by atoms with Crippen LogP contribution in [0.3, 0.4) is 0 Å². The van der Waals surface area contributed by atoms with Crippen LogP contribution in [0.25, 0.3) is 0 Å². The van der Waals surface area contributed by atoms with Crippen molar-refractivity contribution < 1.29 is 17.5 Å². The summed E-state index contributed by atoms with van der Waals surface area (Å²) in [6.07, 6.45) is 0.659. The van der Waals surface area contributed by atoms with Gasteiger partial charge >= 0.3 is 0 Å². The topological polar surface area (TPSA) is 55.4 Å². The predicted molar refractivity (Wildman–Crippen MR) is 91.1 cm³/mol. The van der Waals surface area contributed by atoms with Crippen LogP contribution in [0.2, 0.25) is 0 Å². The highest BCUT2D eigenvalue weighted by Crippen LogP contribution is 2.17. The predicted octanol–water partition coefficient (Wildman–Crippen LogP) is 2.68. The molecule has 0 amide bonds. The van der Waals surface area contributed by atoms with E-state index in [4.69, 9.17) is 4.74 Å². The van der Waals surface area contributed by atoms with Gasteiger partial charge in [0.15, 0.2) is 9.84 Å². The first kappa shape index (κ1) is 16.9. The quantitative estimate of drug-likeness (QED) is 0.871. The van der Waals surface area contributed by atoms with E-state index < -0.39 is 9.84 Å². The summed E-state index contributed by atoms with van der Waals surface area (Å²) >= 11 is 0. The van der Waals surface area contributed by atoms with Crippen molar-refractivity contribution in [2.24, 2.45) is 0 Å². The molecule has 3 rings (SSSR count). The van der Waals surface area contributed by atoms with Crippen molar-refractivity contribution in [1.82, 2.24) is 5.32 Å². The maximum absolute atomic E-state index is 13.6. The zero-order chi connectivity index (χ0) is 17.0. The van der Waals surface area contributed by atoms with Gasteiger partial charge in [-0.3, -0.25) is 0 Å². The highest BCUT2D eigenvalue weighted by atomic mass is 32.2. The van der Waals surface area contributed by atoms with Crippen LogP contribution in [0, 0.1) is 5.82 Å². The van der Waals surface area contributed by atoms with Gasteiger partial charge in [-0.25, -0.2) is 12.8 Å². The molecule has 1 fully saturated rings. The molecule has 1 aliphatic rings. The van der Waals surface area contributed by atoms with E-state index in [1.165, 1.54) is 6.07 Å². The molecule has 0 aliphatic carbocycles. The molecule has 0 saturated carbocycles. The molecule has 1 unspecified atom stereocenters. The van der Waals surface area contributed by atoms with E-state index in [1.807, 2.05) is 24.3 Å². The van der Waals surface area contributed by atoms with E-state index in [2.05, 4.69) is 5.32 Å². The van der Waals surface area contributed by atoms with Crippen molar-refractivity contribution in [2.75, 3.05) is 11.5 Å². The molecule has 0 bridgehead atoms. The molecule has 1 atom stereocenters. The highest BCUT2D eigenvalue weighted by molar-refractivity contribution is 7.91. The molecule has 1 heterocycles. The standard InChI is InChI=1S/C18H20FNO3S/c19-18-7-2-1-5-15(18)12-23-17-6-3-4-14(10-17)11-20-16-8-9-24(21,22)13-16/h1-7,10,16,20H,8-9,11-13H2. The number of ether oxygens (including phenoxy) is 1. The number of benzene rings is 2. The average Bonchev–Trinajstić information content (AvgIpc) is 2.92. The van der Waals surface area contributed by atoms with E-state index in [-0.39, 0.29) is 30.0 Å². The maximum atomic E-state index is 13.6. The Labute approximate surface area is 141 Å². The summed E-state index contributed by atoms with van der Waals surface area (Å²) in [7, 11) is -2.87. The first-order valence-corrected chi connectivity index (χ1v) is 9.73. The van der Waals surface area contributed by atoms with E-state index >= 15 is 0 Å². The Hall–Kier alpha value is -1.92. The molecule has 0 spiro atoms. The fourth-order valence-electron chi connectivity index (χ4n) is 2.74. The summed E-state index contributed by atoms with van der Waals surface area (Å²) in [6.45, 7) is 0.751. The molecule has 128 valence electrons. The molecule has 1 aliphatic heterocycles. The Kier molecular flexibility index (Phi) is 5.16. The zero-order valence-corrected chi connectivity index (χ0v) is 14.1. The molecule has 1 N–H and O–H groups in total. The second-order valence-electron chi connectivity index (χ2n) is 6.01. The van der Waals surface area contributed by atoms with Crippen molar-refractivity contribution in [3.63, 3.8) is 0 Å². The summed E-state index contributed by atoms with van der Waals surface area (Å²) in [5.74, 6) is 0.849. The number of nitrogens with one attached hydrogen (secondary N) is 1. The van der Waals surface area contributed by atoms with Gasteiger partial charge in [-0.1, -0.05) is 30.3 Å². The first-order valence-electron chi connectivity index (χ1n) is 7.91. The Morgan fingerprint density at radius 3 is 2.75 bits per heavy atom. The van der Waals surface area contributed by atoms with Crippen LogP contribution in [0.5, 0.6) is 5.75 Å². The average molecular weight is 349 g/mol. The van der Waals surface area contributed by atoms with Gasteiger partial charge in [-0.05, 0) is 30.2 Å². The zero-order valence-electron chi connectivity index (χ0n) is 13.2. The van der Waals surface area contributed by atoms with Crippen molar-refractivity contribution in [2.45, 2.75) is 25.6 Å². The first-order chi connectivity index (χ1) is 11.5. The van der Waals surface area contributed by atoms with Crippen LogP contribution >= 0.6 is 0 Å². The summed E-state index contributed by atoms with van der Waals surface area (Å²) in [5, 5.41) is 3.27. The molecule has 0 radical (unpaired) electrons. The smallest absolute Gasteiger partial charge is 0.151 e. The molecule has 2 aromatic carbocycles. The van der Waals surface area contributed by atoms with Crippen LogP contribution in [-0.2, 0) is 23.0 Å². The lowest BCUT2D eigenvalue weighted by molar-refractivity contribution is 0.299. The minimum absolute atomic E-state index is 0.0120. The molecular formula is C18H20FNO3S. The molecule has 1 saturated heterocycles. The fourth-order valence-corrected chi connectivity index (χ4v) is 4.45. The molecule has 24 heavy (non-hydrogen) atoms. The summed E-state index contributed by atoms with van der Waals surface area (Å²) in [4.78, 5) is 0. The second-order valence-corrected chi connectivity index (χ2v) is 8.24. The van der Waals surface area contributed by atoms with Crippen molar-refractivity contribution in [1.29, 1.82) is 0 Å². The van der Waals surface area contributed by atoms with Gasteiger partial charge in [-0.15, -0.1) is 0 Å². The number of sulfone groups is 1. The highest BCUT2D eigenvalue weighted by Gasteiger charge is 2.27. The van der Waals surface area contributed by atoms with Gasteiger partial charge in [0.05, 0.1) is 11.5 Å². The van der Waals surface area contributed by atoms with Crippen LogP contribution in [-0.4, -0.2) is 26.0 Å². The Balaban J connectivity index is 1.55. The lowest BCUT2D eigenvalue weighted by atomic mass is 10.2. The monoisotopic (exact) mass is 349 g/mol. The molecule has 6 heteroatoms. The second kappa shape index (κ2) is 7.32. The van der Waals surface area contributed by atoms with E-state index in [9.17, 15) is 12.8 Å². The Bertz CT molecular complexity index is 807. The van der Waals surface area contributed by atoms with Gasteiger partial charge in [0.2, 0.25) is 0 Å². The normalized spacial score (nSPS) is 19.3. The number of hydrogen-bond acceptors (Lipinski definition) is 4. The maximum Gasteiger partial charge on any atom is 0.151 e. The molecular weight excluding hydrogens is 329 g/mol. The van der Waals surface area contributed by atoms with E-state index in [1.54, 1.807) is 18.2 Å². The van der Waals surface area contributed by atoms with Gasteiger partial charge in [0.1, 0.15) is 18.2 Å². The summed E-state index contributed by atoms with van der Waals surface area (Å²) in [5.41, 5.74) is 1.52. The van der Waals surface area contributed by atoms with E-state index in [0.717, 1.165) is 5.56 Å². The third kappa shape index (κ3) is 4.55. The van der Waals surface area contributed by atoms with Crippen molar-refractivity contribution >= 4 is 9.84 Å². The van der Waals surface area contributed by atoms with Crippen LogP contribution < -0.4 is 10.1 Å². The molecule has 2 aromatic rings. The Morgan fingerprint density at radius 1 is 1.17 bits per heavy atom. The summed E-state index contributed by atoms with van der Waals surface area (Å²) < 4.78 is 42.2. The van der Waals surface area contributed by atoms with Gasteiger partial charge in [0, 0.05) is 18.2 Å². The van der Waals surface area contributed by atoms with Gasteiger partial charge in [-0.2, -0.15) is 0 Å². The SMILES string of the molecule is O=S1(=O)CCC(NCc2cccc(OCc3ccccc3F)c2)C1. The van der Waals surface area contributed by atoms with E-state index in [0.29, 0.717) is 24.3 Å². The number of rotatable bonds is 6. The lowest BCUT2D eigenvalue weighted by Crippen LogP contribution is -2.29. The summed E-state index contributed by atoms with van der Waals surface area (Å²) in [6, 6.07) is 14.1. The van der Waals surface area contributed by atoms with Gasteiger partial charge in [0.25, 0.3) is 0 Å². The third-order valence-electron chi connectivity index (χ3n) is 4.08. The fraction of sp³-hybridized carbons (Fsp3) is 0.333. The molecule has 0 aromatic heterocycles. The number of halogens is 1. The van der Waals surface area contributed by atoms with Crippen molar-refractivity contribution in [3.05, 3.63) is 65.5 Å². The third-order valence-corrected chi connectivity index (χ3v) is 5.85. The Morgan fingerprint density at radius 2 is 2.00 bits per heavy atom. The van der Waals surface area contributed by atoms with Crippen molar-refractivity contribution in [3.8, 4) is 5.75 Å². The van der Waals surface area contributed by atoms with Crippen LogP contribution in [0.1, 0.15) is 17.5 Å². The number of hydrogen-bond donors (Lipinski definition) is 1. The van der Waals surface area contributed by atoms with Crippen LogP contribution in [0.15, 0.2) is 48.5 Å². The molecule has 4 nitrogen and oxygen atoms in total. The minimum atomic E-state index is -2.87. The lowest BCUT2D eigenvalue weighted by Gasteiger charge is -2.12. The largest absolute Gasteiger partial charge is 0.489 e. The minimum Gasteiger partial charge on any atom is -0.489 e. The van der Waals surface area contributed by atoms with Gasteiger partial charge < -0.3 is 10.1 Å².